The Morgan fingerprint density at radius 2 is 1.80 bits per heavy atom. The molecule has 0 fully saturated rings. The Morgan fingerprint density at radius 1 is 1.00 bits per heavy atom. The van der Waals surface area contributed by atoms with Crippen LogP contribution in [-0.2, 0) is 22.9 Å². The molecule has 4 rings (SSSR count). The second-order valence-corrected chi connectivity index (χ2v) is 7.78. The highest BCUT2D eigenvalue weighted by atomic mass is 32.2. The zero-order valence-electron chi connectivity index (χ0n) is 13.6. The third-order valence-corrected chi connectivity index (χ3v) is 5.81. The van der Waals surface area contributed by atoms with E-state index in [-0.39, 0.29) is 0 Å². The van der Waals surface area contributed by atoms with Gasteiger partial charge in [-0.05, 0) is 61.1 Å². The molecule has 0 saturated heterocycles. The highest BCUT2D eigenvalue weighted by molar-refractivity contribution is 7.92. The van der Waals surface area contributed by atoms with E-state index in [9.17, 15) is 8.42 Å². The molecule has 0 unspecified atom stereocenters. The van der Waals surface area contributed by atoms with Crippen LogP contribution in [0.5, 0.6) is 0 Å². The molecular formula is C18H18N4O2S. The number of hydrogen-bond acceptors (Lipinski definition) is 4. The van der Waals surface area contributed by atoms with Gasteiger partial charge in [0.1, 0.15) is 12.7 Å². The lowest BCUT2D eigenvalue weighted by atomic mass is 9.92. The summed E-state index contributed by atoms with van der Waals surface area (Å²) in [4.78, 5) is 4.21. The number of nitrogens with zero attached hydrogens (tertiary/aromatic N) is 3. The number of para-hydroxylation sites is 2. The van der Waals surface area contributed by atoms with E-state index in [2.05, 4.69) is 14.8 Å². The molecular weight excluding hydrogens is 336 g/mol. The molecule has 0 atom stereocenters. The first kappa shape index (κ1) is 15.8. The number of rotatable bonds is 4. The molecule has 0 spiro atoms. The quantitative estimate of drug-likeness (QED) is 0.781. The lowest BCUT2D eigenvalue weighted by Crippen LogP contribution is -2.16. The van der Waals surface area contributed by atoms with E-state index in [1.165, 1.54) is 29.3 Å². The van der Waals surface area contributed by atoms with Crippen molar-refractivity contribution in [2.45, 2.75) is 30.6 Å². The summed E-state index contributed by atoms with van der Waals surface area (Å²) >= 11 is 0. The Labute approximate surface area is 146 Å². The second kappa shape index (κ2) is 6.33. The van der Waals surface area contributed by atoms with E-state index < -0.39 is 10.0 Å². The van der Waals surface area contributed by atoms with Crippen molar-refractivity contribution in [1.29, 1.82) is 0 Å². The number of aromatic nitrogens is 3. The Balaban J connectivity index is 1.69. The van der Waals surface area contributed by atoms with Gasteiger partial charge in [-0.1, -0.05) is 18.2 Å². The van der Waals surface area contributed by atoms with Gasteiger partial charge in [-0.2, -0.15) is 5.10 Å². The summed E-state index contributed by atoms with van der Waals surface area (Å²) < 4.78 is 29.9. The van der Waals surface area contributed by atoms with Gasteiger partial charge in [-0.25, -0.2) is 18.1 Å². The molecule has 7 heteroatoms. The number of fused-ring (bicyclic) bond motifs is 1. The molecule has 1 aliphatic rings. The predicted octanol–water partition coefficient (Wildman–Crippen LogP) is 2.95. The van der Waals surface area contributed by atoms with Crippen LogP contribution < -0.4 is 4.72 Å². The number of nitrogens with one attached hydrogen (secondary N) is 1. The fraction of sp³-hybridized carbons (Fsp3) is 0.222. The average Bonchev–Trinajstić information content (AvgIpc) is 3.16. The highest BCUT2D eigenvalue weighted by Crippen LogP contribution is 2.26. The van der Waals surface area contributed by atoms with Crippen LogP contribution in [0.25, 0.3) is 5.69 Å². The van der Waals surface area contributed by atoms with Gasteiger partial charge < -0.3 is 0 Å². The van der Waals surface area contributed by atoms with E-state index >= 15 is 0 Å². The summed E-state index contributed by atoms with van der Waals surface area (Å²) in [5.74, 6) is 0. The van der Waals surface area contributed by atoms with Crippen molar-refractivity contribution in [3.8, 4) is 5.69 Å². The van der Waals surface area contributed by atoms with Crippen molar-refractivity contribution in [3.05, 3.63) is 66.2 Å². The number of benzene rings is 2. The summed E-state index contributed by atoms with van der Waals surface area (Å²) in [6.45, 7) is 0. The maximum absolute atomic E-state index is 12.9. The number of hydrogen-bond donors (Lipinski definition) is 1. The Hall–Kier alpha value is -2.67. The first-order valence-corrected chi connectivity index (χ1v) is 9.70. The number of sulfonamides is 1. The van der Waals surface area contributed by atoms with Crippen LogP contribution in [-0.4, -0.2) is 23.2 Å². The first-order valence-electron chi connectivity index (χ1n) is 8.22. The molecule has 25 heavy (non-hydrogen) atoms. The lowest BCUT2D eigenvalue weighted by Gasteiger charge is -2.17. The predicted molar refractivity (Wildman–Crippen MR) is 95.3 cm³/mol. The molecule has 1 N–H and O–H groups in total. The molecule has 0 amide bonds. The summed E-state index contributed by atoms with van der Waals surface area (Å²) in [5, 5.41) is 4.08. The Kier molecular flexibility index (Phi) is 4.01. The maximum atomic E-state index is 12.9. The van der Waals surface area contributed by atoms with Crippen LogP contribution in [0.4, 0.5) is 5.69 Å². The molecule has 3 aromatic rings. The largest absolute Gasteiger partial charge is 0.277 e. The fourth-order valence-electron chi connectivity index (χ4n) is 3.17. The minimum atomic E-state index is -3.67. The van der Waals surface area contributed by atoms with Gasteiger partial charge in [0.2, 0.25) is 0 Å². The van der Waals surface area contributed by atoms with Crippen molar-refractivity contribution in [3.63, 3.8) is 0 Å². The highest BCUT2D eigenvalue weighted by Gasteiger charge is 2.19. The van der Waals surface area contributed by atoms with Gasteiger partial charge >= 0.3 is 0 Å². The van der Waals surface area contributed by atoms with Gasteiger partial charge in [-0.3, -0.25) is 4.72 Å². The molecule has 1 aromatic heterocycles. The average molecular weight is 354 g/mol. The van der Waals surface area contributed by atoms with Gasteiger partial charge in [0.15, 0.2) is 0 Å². The van der Waals surface area contributed by atoms with Crippen molar-refractivity contribution in [1.82, 2.24) is 14.8 Å². The molecule has 2 aromatic carbocycles. The van der Waals surface area contributed by atoms with Crippen LogP contribution in [0, 0.1) is 0 Å². The fourth-order valence-corrected chi connectivity index (χ4v) is 4.30. The van der Waals surface area contributed by atoms with Crippen molar-refractivity contribution in [2.24, 2.45) is 0 Å². The maximum Gasteiger partial charge on any atom is 0.261 e. The third kappa shape index (κ3) is 3.15. The standard InChI is InChI=1S/C18H18N4O2S/c23-25(24,16-10-9-14-5-1-2-6-15(14)11-16)21-17-7-3-4-8-18(17)22-13-19-12-20-22/h3-4,7-13,21H,1-2,5-6H2. The molecule has 0 aliphatic heterocycles. The lowest BCUT2D eigenvalue weighted by molar-refractivity contribution is 0.600. The van der Waals surface area contributed by atoms with E-state index in [1.54, 1.807) is 30.3 Å². The summed E-state index contributed by atoms with van der Waals surface area (Å²) in [6, 6.07) is 12.5. The Morgan fingerprint density at radius 3 is 2.60 bits per heavy atom. The summed E-state index contributed by atoms with van der Waals surface area (Å²) in [6.07, 6.45) is 7.19. The topological polar surface area (TPSA) is 76.9 Å². The van der Waals surface area contributed by atoms with E-state index in [0.717, 1.165) is 24.8 Å². The SMILES string of the molecule is O=S(=O)(Nc1ccccc1-n1cncn1)c1ccc2c(c1)CCCC2. The minimum absolute atomic E-state index is 0.293. The second-order valence-electron chi connectivity index (χ2n) is 6.10. The van der Waals surface area contributed by atoms with E-state index in [0.29, 0.717) is 16.3 Å². The summed E-state index contributed by atoms with van der Waals surface area (Å²) in [5.41, 5.74) is 3.49. The third-order valence-electron chi connectivity index (χ3n) is 4.44. The summed E-state index contributed by atoms with van der Waals surface area (Å²) in [7, 11) is -3.67. The van der Waals surface area contributed by atoms with Crippen LogP contribution >= 0.6 is 0 Å². The van der Waals surface area contributed by atoms with Gasteiger partial charge in [0.25, 0.3) is 10.0 Å². The Bertz CT molecular complexity index is 998. The van der Waals surface area contributed by atoms with Crippen LogP contribution in [0.1, 0.15) is 24.0 Å². The molecule has 0 bridgehead atoms. The zero-order chi connectivity index (χ0) is 17.3. The van der Waals surface area contributed by atoms with Crippen molar-refractivity contribution in [2.75, 3.05) is 4.72 Å². The minimum Gasteiger partial charge on any atom is -0.277 e. The van der Waals surface area contributed by atoms with E-state index in [4.69, 9.17) is 0 Å². The van der Waals surface area contributed by atoms with Crippen molar-refractivity contribution >= 4 is 15.7 Å². The molecule has 0 radical (unpaired) electrons. The molecule has 1 heterocycles. The molecule has 1 aliphatic carbocycles. The molecule has 6 nitrogen and oxygen atoms in total. The van der Waals surface area contributed by atoms with Gasteiger partial charge in [0.05, 0.1) is 16.3 Å². The van der Waals surface area contributed by atoms with Crippen molar-refractivity contribution < 1.29 is 8.42 Å². The zero-order valence-corrected chi connectivity index (χ0v) is 14.4. The van der Waals surface area contributed by atoms with Gasteiger partial charge in [0, 0.05) is 0 Å². The number of anilines is 1. The molecule has 128 valence electrons. The normalized spacial score (nSPS) is 14.1. The number of aryl methyl sites for hydroxylation is 2. The smallest absolute Gasteiger partial charge is 0.261 e. The first-order chi connectivity index (χ1) is 12.1. The molecule has 0 saturated carbocycles. The van der Waals surface area contributed by atoms with Gasteiger partial charge in [-0.15, -0.1) is 0 Å². The van der Waals surface area contributed by atoms with E-state index in [1.807, 2.05) is 12.1 Å². The monoisotopic (exact) mass is 354 g/mol. The van der Waals surface area contributed by atoms with Crippen LogP contribution in [0.15, 0.2) is 60.0 Å². The van der Waals surface area contributed by atoms with Crippen LogP contribution in [0.2, 0.25) is 0 Å². The van der Waals surface area contributed by atoms with Crippen LogP contribution in [0.3, 0.4) is 0 Å².